The van der Waals surface area contributed by atoms with Gasteiger partial charge in [-0.3, -0.25) is 0 Å². The lowest BCUT2D eigenvalue weighted by atomic mass is 9.91. The lowest BCUT2D eigenvalue weighted by Crippen LogP contribution is -2.51. The van der Waals surface area contributed by atoms with Gasteiger partial charge in [-0.1, -0.05) is 44.3 Å². The highest BCUT2D eigenvalue weighted by atomic mass is 16.4. The number of hydrogen-bond donors (Lipinski definition) is 2. The SMILES string of the molecule is C[N+](C)(C)CC(O)(CCCCCCCC/C=C\CCCCO)CC(=O)[O-]. The number of nitrogens with zero attached hydrogens (tertiary/aromatic N) is 1. The molecule has 0 saturated heterocycles. The highest BCUT2D eigenvalue weighted by Gasteiger charge is 2.33. The first-order chi connectivity index (χ1) is 12.2. The third-order valence-corrected chi connectivity index (χ3v) is 4.45. The van der Waals surface area contributed by atoms with E-state index in [2.05, 4.69) is 12.2 Å². The predicted octanol–water partition coefficient (Wildman–Crippen LogP) is 2.40. The van der Waals surface area contributed by atoms with E-state index in [1.165, 1.54) is 19.3 Å². The maximum atomic E-state index is 10.9. The molecular weight excluding hydrogens is 330 g/mol. The van der Waals surface area contributed by atoms with Crippen molar-refractivity contribution in [2.45, 2.75) is 82.7 Å². The minimum Gasteiger partial charge on any atom is -0.550 e. The standard InChI is InChI=1S/C21H41NO4/c1-22(2,3)19-21(26,18-20(24)25)16-14-12-10-8-6-4-5-7-9-11-13-15-17-23/h7,9,23,26H,4-6,8,10-19H2,1-3H3/b9-7-. The van der Waals surface area contributed by atoms with Crippen LogP contribution in [0.15, 0.2) is 12.2 Å². The number of carboxylic acids is 1. The van der Waals surface area contributed by atoms with Gasteiger partial charge in [-0.05, 0) is 38.5 Å². The number of quaternary nitrogens is 1. The van der Waals surface area contributed by atoms with Crippen LogP contribution < -0.4 is 5.11 Å². The molecule has 0 bridgehead atoms. The molecule has 0 amide bonds. The maximum Gasteiger partial charge on any atom is 0.119 e. The number of unbranched alkanes of at least 4 members (excludes halogenated alkanes) is 8. The van der Waals surface area contributed by atoms with Crippen LogP contribution >= 0.6 is 0 Å². The molecule has 0 spiro atoms. The Hall–Kier alpha value is -0.910. The number of aliphatic carboxylic acids is 1. The van der Waals surface area contributed by atoms with Crippen LogP contribution in [0.25, 0.3) is 0 Å². The van der Waals surface area contributed by atoms with Crippen molar-refractivity contribution in [2.75, 3.05) is 34.3 Å². The molecule has 0 aromatic rings. The molecule has 5 nitrogen and oxygen atoms in total. The average molecular weight is 372 g/mol. The first-order valence-electron chi connectivity index (χ1n) is 10.2. The lowest BCUT2D eigenvalue weighted by Gasteiger charge is -2.36. The smallest absolute Gasteiger partial charge is 0.119 e. The second-order valence-corrected chi connectivity index (χ2v) is 8.57. The number of aliphatic hydroxyl groups is 2. The van der Waals surface area contributed by atoms with Crippen LogP contribution in [0.4, 0.5) is 0 Å². The van der Waals surface area contributed by atoms with Crippen molar-refractivity contribution in [3.8, 4) is 0 Å². The fourth-order valence-electron chi connectivity index (χ4n) is 3.41. The van der Waals surface area contributed by atoms with Crippen molar-refractivity contribution in [2.24, 2.45) is 0 Å². The Morgan fingerprint density at radius 2 is 1.42 bits per heavy atom. The average Bonchev–Trinajstić information content (AvgIpc) is 2.49. The fourth-order valence-corrected chi connectivity index (χ4v) is 3.41. The summed E-state index contributed by atoms with van der Waals surface area (Å²) >= 11 is 0. The summed E-state index contributed by atoms with van der Waals surface area (Å²) in [6, 6.07) is 0. The van der Waals surface area contributed by atoms with Gasteiger partial charge in [0.1, 0.15) is 12.1 Å². The predicted molar refractivity (Wildman–Crippen MR) is 104 cm³/mol. The Bertz CT molecular complexity index is 390. The van der Waals surface area contributed by atoms with Crippen LogP contribution in [-0.4, -0.2) is 60.6 Å². The molecule has 0 aliphatic carbocycles. The van der Waals surface area contributed by atoms with E-state index in [0.29, 0.717) is 17.4 Å². The molecular formula is C21H41NO4. The molecule has 0 radical (unpaired) electrons. The minimum absolute atomic E-state index is 0.285. The number of carbonyl (C=O) groups is 1. The highest BCUT2D eigenvalue weighted by molar-refractivity contribution is 5.65. The van der Waals surface area contributed by atoms with Crippen LogP contribution in [0, 0.1) is 0 Å². The molecule has 0 aliphatic heterocycles. The van der Waals surface area contributed by atoms with Crippen molar-refractivity contribution >= 4 is 5.97 Å². The summed E-state index contributed by atoms with van der Waals surface area (Å²) in [5.74, 6) is -1.18. The van der Waals surface area contributed by atoms with Crippen LogP contribution in [0.3, 0.4) is 0 Å². The third kappa shape index (κ3) is 16.6. The van der Waals surface area contributed by atoms with Gasteiger partial charge < -0.3 is 24.6 Å². The fraction of sp³-hybridized carbons (Fsp3) is 0.857. The Morgan fingerprint density at radius 1 is 0.923 bits per heavy atom. The van der Waals surface area contributed by atoms with E-state index in [1.807, 2.05) is 21.1 Å². The van der Waals surface area contributed by atoms with Gasteiger partial charge in [0.05, 0.1) is 21.1 Å². The van der Waals surface area contributed by atoms with Crippen LogP contribution in [0.2, 0.25) is 0 Å². The molecule has 0 aromatic carbocycles. The number of likely N-dealkylation sites (N-methyl/N-ethyl adjacent to an activating group) is 1. The van der Waals surface area contributed by atoms with Gasteiger partial charge in [0, 0.05) is 19.0 Å². The largest absolute Gasteiger partial charge is 0.550 e. The van der Waals surface area contributed by atoms with E-state index in [4.69, 9.17) is 5.11 Å². The summed E-state index contributed by atoms with van der Waals surface area (Å²) in [6.07, 6.45) is 15.4. The van der Waals surface area contributed by atoms with E-state index in [1.54, 1.807) is 0 Å². The summed E-state index contributed by atoms with van der Waals surface area (Å²) in [4.78, 5) is 10.9. The van der Waals surface area contributed by atoms with Crippen molar-refractivity contribution in [1.82, 2.24) is 0 Å². The molecule has 0 rings (SSSR count). The van der Waals surface area contributed by atoms with Gasteiger partial charge in [-0.15, -0.1) is 0 Å². The second kappa shape index (κ2) is 14.2. The van der Waals surface area contributed by atoms with E-state index < -0.39 is 11.6 Å². The van der Waals surface area contributed by atoms with Crippen molar-refractivity contribution in [3.63, 3.8) is 0 Å². The highest BCUT2D eigenvalue weighted by Crippen LogP contribution is 2.22. The van der Waals surface area contributed by atoms with Gasteiger partial charge in [0.2, 0.25) is 0 Å². The zero-order valence-electron chi connectivity index (χ0n) is 17.2. The summed E-state index contributed by atoms with van der Waals surface area (Å²) in [7, 11) is 5.88. The van der Waals surface area contributed by atoms with E-state index in [0.717, 1.165) is 44.9 Å². The van der Waals surface area contributed by atoms with Crippen LogP contribution in [0.5, 0.6) is 0 Å². The molecule has 154 valence electrons. The Kier molecular flexibility index (Phi) is 13.7. The van der Waals surface area contributed by atoms with Gasteiger partial charge in [0.15, 0.2) is 0 Å². The Labute approximate surface area is 160 Å². The minimum atomic E-state index is -1.18. The van der Waals surface area contributed by atoms with Crippen molar-refractivity contribution in [1.29, 1.82) is 0 Å². The third-order valence-electron chi connectivity index (χ3n) is 4.45. The number of hydrogen-bond acceptors (Lipinski definition) is 4. The molecule has 1 unspecified atom stereocenters. The first-order valence-corrected chi connectivity index (χ1v) is 10.2. The molecule has 2 N–H and O–H groups in total. The van der Waals surface area contributed by atoms with Crippen LogP contribution in [0.1, 0.15) is 77.0 Å². The molecule has 0 heterocycles. The summed E-state index contributed by atoms with van der Waals surface area (Å²) in [5, 5.41) is 30.3. The van der Waals surface area contributed by atoms with Gasteiger partial charge in [0.25, 0.3) is 0 Å². The number of aliphatic hydroxyl groups excluding tert-OH is 1. The zero-order chi connectivity index (χ0) is 19.9. The van der Waals surface area contributed by atoms with Crippen molar-refractivity contribution in [3.05, 3.63) is 12.2 Å². The lowest BCUT2D eigenvalue weighted by molar-refractivity contribution is -0.877. The van der Waals surface area contributed by atoms with Gasteiger partial charge in [-0.25, -0.2) is 0 Å². The number of rotatable bonds is 17. The van der Waals surface area contributed by atoms with E-state index in [-0.39, 0.29) is 13.0 Å². The summed E-state index contributed by atoms with van der Waals surface area (Å²) < 4.78 is 0.539. The number of allylic oxidation sites excluding steroid dienone is 2. The quantitative estimate of drug-likeness (QED) is 0.234. The zero-order valence-corrected chi connectivity index (χ0v) is 17.2. The van der Waals surface area contributed by atoms with Crippen molar-refractivity contribution < 1.29 is 24.6 Å². The summed E-state index contributed by atoms with van der Waals surface area (Å²) in [5.41, 5.74) is -1.17. The maximum absolute atomic E-state index is 10.9. The Balaban J connectivity index is 3.77. The molecule has 0 aromatic heterocycles. The first kappa shape index (κ1) is 25.1. The normalized spacial score (nSPS) is 14.7. The molecule has 0 fully saturated rings. The molecule has 0 saturated carbocycles. The number of carbonyl (C=O) groups excluding carboxylic acids is 1. The number of carboxylic acid groups (broad SMARTS) is 1. The molecule has 5 heteroatoms. The van der Waals surface area contributed by atoms with E-state index in [9.17, 15) is 15.0 Å². The van der Waals surface area contributed by atoms with Crippen LogP contribution in [-0.2, 0) is 4.79 Å². The van der Waals surface area contributed by atoms with E-state index >= 15 is 0 Å². The molecule has 1 atom stereocenters. The summed E-state index contributed by atoms with van der Waals surface area (Å²) in [6.45, 7) is 0.708. The molecule has 0 aliphatic rings. The topological polar surface area (TPSA) is 80.6 Å². The second-order valence-electron chi connectivity index (χ2n) is 8.57. The van der Waals surface area contributed by atoms with Gasteiger partial charge >= 0.3 is 0 Å². The molecule has 26 heavy (non-hydrogen) atoms. The van der Waals surface area contributed by atoms with Gasteiger partial charge in [-0.2, -0.15) is 0 Å². The Morgan fingerprint density at radius 3 is 1.92 bits per heavy atom. The monoisotopic (exact) mass is 371 g/mol.